The van der Waals surface area contributed by atoms with E-state index in [9.17, 15) is 5.26 Å². The Kier molecular flexibility index (Phi) is 4.96. The highest BCUT2D eigenvalue weighted by Gasteiger charge is 2.18. The quantitative estimate of drug-likeness (QED) is 0.681. The second kappa shape index (κ2) is 7.50. The standard InChI is InChI=1S/C21H18N2O2/c1-3-25-21-18(14-22)17(16-11-7-8-12-20(16)24-2)13-19(23-21)15-9-5-4-6-10-15/h4-13H,3H2,1-2H3. The van der Waals surface area contributed by atoms with E-state index in [4.69, 9.17) is 9.47 Å². The molecule has 25 heavy (non-hydrogen) atoms. The smallest absolute Gasteiger partial charge is 0.232 e. The van der Waals surface area contributed by atoms with Crippen LogP contribution in [-0.4, -0.2) is 18.7 Å². The third kappa shape index (κ3) is 3.31. The van der Waals surface area contributed by atoms with E-state index < -0.39 is 0 Å². The summed E-state index contributed by atoms with van der Waals surface area (Å²) in [6, 6.07) is 21.6. The molecule has 0 radical (unpaired) electrons. The second-order valence-electron chi connectivity index (χ2n) is 5.35. The van der Waals surface area contributed by atoms with Crippen molar-refractivity contribution in [1.29, 1.82) is 5.26 Å². The van der Waals surface area contributed by atoms with Crippen LogP contribution in [0.1, 0.15) is 12.5 Å². The Morgan fingerprint density at radius 1 is 1.00 bits per heavy atom. The summed E-state index contributed by atoms with van der Waals surface area (Å²) in [7, 11) is 1.62. The highest BCUT2D eigenvalue weighted by atomic mass is 16.5. The molecule has 0 amide bonds. The lowest BCUT2D eigenvalue weighted by Gasteiger charge is -2.14. The largest absolute Gasteiger partial charge is 0.496 e. The first-order valence-corrected chi connectivity index (χ1v) is 8.05. The number of para-hydroxylation sites is 1. The molecule has 0 unspecified atom stereocenters. The normalized spacial score (nSPS) is 10.1. The van der Waals surface area contributed by atoms with Crippen molar-refractivity contribution < 1.29 is 9.47 Å². The van der Waals surface area contributed by atoms with Gasteiger partial charge in [-0.1, -0.05) is 48.5 Å². The van der Waals surface area contributed by atoms with Crippen molar-refractivity contribution in [2.24, 2.45) is 0 Å². The van der Waals surface area contributed by atoms with Gasteiger partial charge in [0.05, 0.1) is 19.4 Å². The molecule has 2 aromatic carbocycles. The van der Waals surface area contributed by atoms with Gasteiger partial charge in [-0.3, -0.25) is 0 Å². The summed E-state index contributed by atoms with van der Waals surface area (Å²) in [4.78, 5) is 4.56. The Bertz CT molecular complexity index is 915. The van der Waals surface area contributed by atoms with Crippen LogP contribution in [0.4, 0.5) is 0 Å². The average Bonchev–Trinajstić information content (AvgIpc) is 2.68. The number of pyridine rings is 1. The zero-order valence-corrected chi connectivity index (χ0v) is 14.2. The monoisotopic (exact) mass is 330 g/mol. The highest BCUT2D eigenvalue weighted by Crippen LogP contribution is 2.37. The SMILES string of the molecule is CCOc1nc(-c2ccccc2)cc(-c2ccccc2OC)c1C#N. The number of methoxy groups -OCH3 is 1. The number of nitrogens with zero attached hydrogens (tertiary/aromatic N) is 2. The van der Waals surface area contributed by atoms with E-state index in [0.717, 1.165) is 22.4 Å². The van der Waals surface area contributed by atoms with Crippen molar-refractivity contribution in [1.82, 2.24) is 4.98 Å². The van der Waals surface area contributed by atoms with Gasteiger partial charge in [-0.25, -0.2) is 4.98 Å². The molecule has 1 aromatic heterocycles. The van der Waals surface area contributed by atoms with Gasteiger partial charge in [-0.2, -0.15) is 5.26 Å². The molecule has 3 rings (SSSR count). The lowest BCUT2D eigenvalue weighted by molar-refractivity contribution is 0.326. The van der Waals surface area contributed by atoms with Crippen molar-refractivity contribution in [2.75, 3.05) is 13.7 Å². The van der Waals surface area contributed by atoms with Crippen LogP contribution in [0.3, 0.4) is 0 Å². The molecule has 0 atom stereocenters. The number of hydrogen-bond donors (Lipinski definition) is 0. The van der Waals surface area contributed by atoms with Crippen molar-refractivity contribution in [3.63, 3.8) is 0 Å². The molecule has 3 aromatic rings. The van der Waals surface area contributed by atoms with Gasteiger partial charge >= 0.3 is 0 Å². The fourth-order valence-corrected chi connectivity index (χ4v) is 2.71. The molecule has 0 saturated heterocycles. The summed E-state index contributed by atoms with van der Waals surface area (Å²) < 4.78 is 11.1. The lowest BCUT2D eigenvalue weighted by Crippen LogP contribution is -2.01. The Balaban J connectivity index is 2.29. The van der Waals surface area contributed by atoms with Crippen molar-refractivity contribution in [2.45, 2.75) is 6.92 Å². The summed E-state index contributed by atoms with van der Waals surface area (Å²) in [6.45, 7) is 2.31. The molecule has 124 valence electrons. The maximum absolute atomic E-state index is 9.70. The number of rotatable bonds is 5. The number of aromatic nitrogens is 1. The molecular weight excluding hydrogens is 312 g/mol. The van der Waals surface area contributed by atoms with Crippen molar-refractivity contribution in [3.05, 3.63) is 66.2 Å². The van der Waals surface area contributed by atoms with Gasteiger partial charge in [0, 0.05) is 16.7 Å². The van der Waals surface area contributed by atoms with Crippen LogP contribution in [0.2, 0.25) is 0 Å². The fourth-order valence-electron chi connectivity index (χ4n) is 2.71. The van der Waals surface area contributed by atoms with Gasteiger partial charge < -0.3 is 9.47 Å². The second-order valence-corrected chi connectivity index (χ2v) is 5.35. The summed E-state index contributed by atoms with van der Waals surface area (Å²) in [5.74, 6) is 1.04. The molecule has 0 aliphatic carbocycles. The van der Waals surface area contributed by atoms with Crippen molar-refractivity contribution >= 4 is 0 Å². The predicted octanol–water partition coefficient (Wildman–Crippen LogP) is 4.69. The topological polar surface area (TPSA) is 55.1 Å². The molecule has 0 spiro atoms. The first-order chi connectivity index (χ1) is 12.3. The Hall–Kier alpha value is -3.32. The minimum Gasteiger partial charge on any atom is -0.496 e. The highest BCUT2D eigenvalue weighted by molar-refractivity contribution is 5.81. The molecule has 0 N–H and O–H groups in total. The Labute approximate surface area is 147 Å². The van der Waals surface area contributed by atoms with Crippen LogP contribution < -0.4 is 9.47 Å². The molecule has 0 aliphatic rings. The Morgan fingerprint density at radius 3 is 2.40 bits per heavy atom. The maximum Gasteiger partial charge on any atom is 0.232 e. The molecule has 0 aliphatic heterocycles. The van der Waals surface area contributed by atoms with Crippen LogP contribution in [0, 0.1) is 11.3 Å². The third-order valence-electron chi connectivity index (χ3n) is 3.85. The molecule has 0 fully saturated rings. The first kappa shape index (κ1) is 16.5. The zero-order chi connectivity index (χ0) is 17.6. The number of ether oxygens (including phenoxy) is 2. The van der Waals surface area contributed by atoms with Gasteiger partial charge in [0.25, 0.3) is 0 Å². The van der Waals surface area contributed by atoms with Gasteiger partial charge in [0.15, 0.2) is 0 Å². The molecule has 0 saturated carbocycles. The van der Waals surface area contributed by atoms with Gasteiger partial charge in [-0.15, -0.1) is 0 Å². The Morgan fingerprint density at radius 2 is 1.72 bits per heavy atom. The summed E-state index contributed by atoms with van der Waals surface area (Å²) in [6.07, 6.45) is 0. The van der Waals surface area contributed by atoms with Crippen LogP contribution in [0.5, 0.6) is 11.6 Å². The fraction of sp³-hybridized carbons (Fsp3) is 0.143. The van der Waals surface area contributed by atoms with Crippen LogP contribution in [0.25, 0.3) is 22.4 Å². The molecular formula is C21H18N2O2. The number of benzene rings is 2. The minimum absolute atomic E-state index is 0.340. The van der Waals surface area contributed by atoms with Crippen LogP contribution in [0.15, 0.2) is 60.7 Å². The summed E-state index contributed by atoms with van der Waals surface area (Å²) in [5, 5.41) is 9.70. The van der Waals surface area contributed by atoms with Gasteiger partial charge in [0.1, 0.15) is 17.4 Å². The van der Waals surface area contributed by atoms with E-state index in [1.54, 1.807) is 7.11 Å². The molecule has 4 nitrogen and oxygen atoms in total. The van der Waals surface area contributed by atoms with E-state index in [-0.39, 0.29) is 0 Å². The van der Waals surface area contributed by atoms with Gasteiger partial charge in [-0.05, 0) is 19.1 Å². The van der Waals surface area contributed by atoms with Gasteiger partial charge in [0.2, 0.25) is 5.88 Å². The number of hydrogen-bond acceptors (Lipinski definition) is 4. The van der Waals surface area contributed by atoms with E-state index in [0.29, 0.717) is 23.8 Å². The van der Waals surface area contributed by atoms with E-state index in [1.165, 1.54) is 0 Å². The zero-order valence-electron chi connectivity index (χ0n) is 14.2. The van der Waals surface area contributed by atoms with E-state index >= 15 is 0 Å². The predicted molar refractivity (Wildman–Crippen MR) is 97.5 cm³/mol. The maximum atomic E-state index is 9.70. The van der Waals surface area contributed by atoms with Crippen LogP contribution >= 0.6 is 0 Å². The van der Waals surface area contributed by atoms with Crippen LogP contribution in [-0.2, 0) is 0 Å². The molecule has 4 heteroatoms. The van der Waals surface area contributed by atoms with Crippen molar-refractivity contribution in [3.8, 4) is 40.1 Å². The third-order valence-corrected chi connectivity index (χ3v) is 3.85. The average molecular weight is 330 g/mol. The molecule has 1 heterocycles. The summed E-state index contributed by atoms with van der Waals surface area (Å²) >= 11 is 0. The lowest BCUT2D eigenvalue weighted by atomic mass is 9.98. The number of nitriles is 1. The van der Waals surface area contributed by atoms with E-state index in [2.05, 4.69) is 11.1 Å². The molecule has 0 bridgehead atoms. The minimum atomic E-state index is 0.340. The summed E-state index contributed by atoms with van der Waals surface area (Å²) in [5.41, 5.74) is 3.71. The first-order valence-electron chi connectivity index (χ1n) is 8.05. The van der Waals surface area contributed by atoms with E-state index in [1.807, 2.05) is 67.6 Å².